The van der Waals surface area contributed by atoms with Crippen molar-refractivity contribution < 1.29 is 14.3 Å². The lowest BCUT2D eigenvalue weighted by Gasteiger charge is -2.34. The highest BCUT2D eigenvalue weighted by atomic mass is 16.5. The van der Waals surface area contributed by atoms with E-state index in [1.165, 1.54) is 11.1 Å². The number of carbonyl (C=O) groups excluding carboxylic acids is 2. The first-order valence-electron chi connectivity index (χ1n) is 11.6. The van der Waals surface area contributed by atoms with Crippen LogP contribution in [0.4, 0.5) is 0 Å². The first-order chi connectivity index (χ1) is 16.4. The third-order valence-corrected chi connectivity index (χ3v) is 6.80. The molecule has 1 aliphatic rings. The minimum Gasteiger partial charge on any atom is -0.497 e. The summed E-state index contributed by atoms with van der Waals surface area (Å²) in [6.07, 6.45) is 3.21. The van der Waals surface area contributed by atoms with E-state index in [1.807, 2.05) is 0 Å². The van der Waals surface area contributed by atoms with Crippen LogP contribution in [-0.2, 0) is 4.79 Å². The van der Waals surface area contributed by atoms with Crippen LogP contribution in [-0.4, -0.2) is 41.3 Å². The number of fused-ring (bicyclic) bond motifs is 1. The number of hydrogen-bond acceptors (Lipinski definition) is 5. The van der Waals surface area contributed by atoms with Gasteiger partial charge in [0, 0.05) is 11.4 Å². The fraction of sp³-hybridized carbons (Fsp3) is 0.385. The van der Waals surface area contributed by atoms with Gasteiger partial charge >= 0.3 is 0 Å². The summed E-state index contributed by atoms with van der Waals surface area (Å²) < 4.78 is 6.38. The molecule has 3 atom stereocenters. The lowest BCUT2D eigenvalue weighted by molar-refractivity contribution is -0.121. The Morgan fingerprint density at radius 3 is 2.47 bits per heavy atom. The molecule has 34 heavy (non-hydrogen) atoms. The molecule has 1 heterocycles. The maximum Gasteiger partial charge on any atom is 0.279 e. The summed E-state index contributed by atoms with van der Waals surface area (Å²) in [4.78, 5) is 38.7. The van der Waals surface area contributed by atoms with Crippen LogP contribution < -0.4 is 20.9 Å². The van der Waals surface area contributed by atoms with Gasteiger partial charge in [-0.1, -0.05) is 44.9 Å². The molecule has 1 saturated carbocycles. The van der Waals surface area contributed by atoms with Gasteiger partial charge in [-0.2, -0.15) is 9.78 Å². The van der Waals surface area contributed by atoms with Gasteiger partial charge in [0.05, 0.1) is 24.7 Å². The highest BCUT2D eigenvalue weighted by Gasteiger charge is 2.28. The number of methoxy groups -OCH3 is 1. The van der Waals surface area contributed by atoms with Gasteiger partial charge in [-0.3, -0.25) is 14.4 Å². The zero-order valence-corrected chi connectivity index (χ0v) is 19.7. The minimum atomic E-state index is -0.515. The summed E-state index contributed by atoms with van der Waals surface area (Å²) in [5, 5.41) is 10.9. The zero-order chi connectivity index (χ0) is 24.2. The molecule has 8 heteroatoms. The van der Waals surface area contributed by atoms with E-state index in [9.17, 15) is 14.4 Å². The third-order valence-electron chi connectivity index (χ3n) is 6.80. The molecular formula is C26H30N4O4. The average Bonchev–Trinajstić information content (AvgIpc) is 2.86. The first-order valence-corrected chi connectivity index (χ1v) is 11.6. The van der Waals surface area contributed by atoms with E-state index in [1.54, 1.807) is 55.6 Å². The van der Waals surface area contributed by atoms with E-state index in [2.05, 4.69) is 29.6 Å². The Bertz CT molecular complexity index is 1250. The topological polar surface area (TPSA) is 102 Å². The lowest BCUT2D eigenvalue weighted by atomic mass is 9.78. The summed E-state index contributed by atoms with van der Waals surface area (Å²) in [6, 6.07) is 13.8. The van der Waals surface area contributed by atoms with Crippen molar-refractivity contribution in [1.29, 1.82) is 0 Å². The molecule has 178 valence electrons. The number of rotatable bonds is 6. The Kier molecular flexibility index (Phi) is 6.95. The number of amides is 2. The van der Waals surface area contributed by atoms with Crippen LogP contribution in [0.3, 0.4) is 0 Å². The molecule has 4 rings (SSSR count). The quantitative estimate of drug-likeness (QED) is 0.586. The maximum absolute atomic E-state index is 13.1. The molecule has 1 aromatic heterocycles. The van der Waals surface area contributed by atoms with Crippen molar-refractivity contribution in [3.63, 3.8) is 0 Å². The number of nitrogens with zero attached hydrogens (tertiary/aromatic N) is 2. The molecule has 1 aliphatic carbocycles. The highest BCUT2D eigenvalue weighted by molar-refractivity contribution is 6.05. The van der Waals surface area contributed by atoms with Crippen LogP contribution in [0.15, 0.2) is 53.3 Å². The number of hydrogen-bond donors (Lipinski definition) is 2. The van der Waals surface area contributed by atoms with Crippen molar-refractivity contribution in [2.45, 2.75) is 39.2 Å². The van der Waals surface area contributed by atoms with E-state index >= 15 is 0 Å². The molecule has 2 aromatic carbocycles. The third kappa shape index (κ3) is 4.81. The molecule has 3 aromatic rings. The van der Waals surface area contributed by atoms with Crippen LogP contribution >= 0.6 is 0 Å². The number of carbonyl (C=O) groups is 2. The number of aromatic nitrogens is 2. The number of ether oxygens (including phenoxy) is 1. The monoisotopic (exact) mass is 462 g/mol. The van der Waals surface area contributed by atoms with E-state index in [0.29, 0.717) is 34.0 Å². The molecule has 0 saturated heterocycles. The van der Waals surface area contributed by atoms with Crippen molar-refractivity contribution >= 4 is 22.6 Å². The molecule has 0 bridgehead atoms. The summed E-state index contributed by atoms with van der Waals surface area (Å²) >= 11 is 0. The maximum atomic E-state index is 13.1. The molecule has 2 N–H and O–H groups in total. The number of benzene rings is 2. The van der Waals surface area contributed by atoms with E-state index < -0.39 is 5.91 Å². The van der Waals surface area contributed by atoms with Gasteiger partial charge in [-0.15, -0.1) is 0 Å². The highest BCUT2D eigenvalue weighted by Crippen LogP contribution is 2.29. The predicted octanol–water partition coefficient (Wildman–Crippen LogP) is 3.07. The standard InChI is InChI=1S/C26H30N4O4/c1-16-7-6-10-22(17(16)2)28-23(31)15-27-25(32)24-20-8-4-5-9-21(20)26(33)30(29-24)18-11-13-19(34-3)14-12-18/h4-5,8-9,11-14,16-17,22H,6-7,10,15H2,1-3H3,(H,27,32)(H,28,31)/t16-,17+,22-/m1/s1. The van der Waals surface area contributed by atoms with Crippen LogP contribution in [0.2, 0.25) is 0 Å². The van der Waals surface area contributed by atoms with Crippen LogP contribution in [0.1, 0.15) is 43.6 Å². The Morgan fingerprint density at radius 1 is 1.06 bits per heavy atom. The first kappa shape index (κ1) is 23.5. The van der Waals surface area contributed by atoms with Gasteiger partial charge < -0.3 is 15.4 Å². The Balaban J connectivity index is 1.56. The molecule has 2 amide bonds. The summed E-state index contributed by atoms with van der Waals surface area (Å²) in [5.41, 5.74) is 0.248. The number of nitrogens with one attached hydrogen (secondary N) is 2. The van der Waals surface area contributed by atoms with Crippen molar-refractivity contribution in [1.82, 2.24) is 20.4 Å². The molecule has 0 radical (unpaired) electrons. The molecule has 0 spiro atoms. The summed E-state index contributed by atoms with van der Waals surface area (Å²) in [5.74, 6) is 0.851. The Hall–Kier alpha value is -3.68. The Morgan fingerprint density at radius 2 is 1.76 bits per heavy atom. The smallest absolute Gasteiger partial charge is 0.279 e. The molecule has 1 fully saturated rings. The largest absolute Gasteiger partial charge is 0.497 e. The van der Waals surface area contributed by atoms with Crippen LogP contribution in [0, 0.1) is 11.8 Å². The van der Waals surface area contributed by atoms with Gasteiger partial charge in [0.1, 0.15) is 5.75 Å². The van der Waals surface area contributed by atoms with E-state index in [-0.39, 0.29) is 29.7 Å². The zero-order valence-electron chi connectivity index (χ0n) is 19.7. The molecule has 0 unspecified atom stereocenters. The van der Waals surface area contributed by atoms with Gasteiger partial charge in [0.25, 0.3) is 11.5 Å². The normalized spacial score (nSPS) is 20.0. The van der Waals surface area contributed by atoms with Crippen molar-refractivity contribution in [3.05, 3.63) is 64.6 Å². The minimum absolute atomic E-state index is 0.0819. The Labute approximate surface area is 198 Å². The lowest BCUT2D eigenvalue weighted by Crippen LogP contribution is -2.47. The van der Waals surface area contributed by atoms with Gasteiger partial charge in [0.15, 0.2) is 5.69 Å². The van der Waals surface area contributed by atoms with E-state index in [4.69, 9.17) is 4.74 Å². The SMILES string of the molecule is COc1ccc(-n2nc(C(=O)NCC(=O)N[C@@H]3CCC[C@@H](C)[C@@H]3C)c3ccccc3c2=O)cc1. The second-order valence-electron chi connectivity index (χ2n) is 8.93. The summed E-state index contributed by atoms with van der Waals surface area (Å²) in [7, 11) is 1.56. The van der Waals surface area contributed by atoms with Gasteiger partial charge in [-0.25, -0.2) is 0 Å². The van der Waals surface area contributed by atoms with Crippen molar-refractivity contribution in [2.75, 3.05) is 13.7 Å². The fourth-order valence-electron chi connectivity index (χ4n) is 4.54. The molecular weight excluding hydrogens is 432 g/mol. The van der Waals surface area contributed by atoms with Gasteiger partial charge in [-0.05, 0) is 48.6 Å². The van der Waals surface area contributed by atoms with Crippen molar-refractivity contribution in [3.8, 4) is 11.4 Å². The second kappa shape index (κ2) is 10.1. The molecule has 0 aliphatic heterocycles. The fourth-order valence-corrected chi connectivity index (χ4v) is 4.54. The molecule has 8 nitrogen and oxygen atoms in total. The van der Waals surface area contributed by atoms with Crippen molar-refractivity contribution in [2.24, 2.45) is 11.8 Å². The second-order valence-corrected chi connectivity index (χ2v) is 8.93. The predicted molar refractivity (Wildman–Crippen MR) is 130 cm³/mol. The van der Waals surface area contributed by atoms with Gasteiger partial charge in [0.2, 0.25) is 5.91 Å². The van der Waals surface area contributed by atoms with E-state index in [0.717, 1.165) is 12.8 Å². The summed E-state index contributed by atoms with van der Waals surface area (Å²) in [6.45, 7) is 4.21. The average molecular weight is 463 g/mol. The van der Waals surface area contributed by atoms with Crippen LogP contribution in [0.25, 0.3) is 16.5 Å². The van der Waals surface area contributed by atoms with Crippen LogP contribution in [0.5, 0.6) is 5.75 Å².